The van der Waals surface area contributed by atoms with Gasteiger partial charge < -0.3 is 15.7 Å². The van der Waals surface area contributed by atoms with Gasteiger partial charge in [-0.25, -0.2) is 14.0 Å². The molecule has 0 aliphatic heterocycles. The number of anilines is 1. The van der Waals surface area contributed by atoms with Crippen molar-refractivity contribution < 1.29 is 19.1 Å². The average Bonchev–Trinajstić information content (AvgIpc) is 2.33. The number of hydrogen-bond donors (Lipinski definition) is 3. The monoisotopic (exact) mass is 268 g/mol. The van der Waals surface area contributed by atoms with Gasteiger partial charge in [-0.1, -0.05) is 19.4 Å². The summed E-state index contributed by atoms with van der Waals surface area (Å²) in [6.07, 6.45) is 0.940. The van der Waals surface area contributed by atoms with Crippen LogP contribution in [0.3, 0.4) is 0 Å². The van der Waals surface area contributed by atoms with E-state index in [1.54, 1.807) is 13.0 Å². The summed E-state index contributed by atoms with van der Waals surface area (Å²) in [5, 5.41) is 13.5. The number of benzene rings is 1. The fourth-order valence-electron chi connectivity index (χ4n) is 1.60. The Balaban J connectivity index is 2.68. The molecule has 2 amide bonds. The van der Waals surface area contributed by atoms with E-state index < -0.39 is 23.9 Å². The molecular weight excluding hydrogens is 251 g/mol. The van der Waals surface area contributed by atoms with Crippen molar-refractivity contribution in [3.63, 3.8) is 0 Å². The van der Waals surface area contributed by atoms with Gasteiger partial charge in [-0.15, -0.1) is 0 Å². The molecule has 6 heteroatoms. The molecule has 0 aliphatic carbocycles. The third kappa shape index (κ3) is 4.57. The first kappa shape index (κ1) is 14.9. The Labute approximate surface area is 110 Å². The predicted octanol–water partition coefficient (Wildman–Crippen LogP) is 2.51. The summed E-state index contributed by atoms with van der Waals surface area (Å²) in [7, 11) is 0. The molecule has 0 bridgehead atoms. The topological polar surface area (TPSA) is 78.4 Å². The zero-order chi connectivity index (χ0) is 14.4. The number of urea groups is 1. The second-order valence-corrected chi connectivity index (χ2v) is 4.26. The minimum absolute atomic E-state index is 0.0261. The minimum atomic E-state index is -1.11. The number of carboxylic acid groups (broad SMARTS) is 1. The molecule has 0 heterocycles. The summed E-state index contributed by atoms with van der Waals surface area (Å²) < 4.78 is 13.4. The summed E-state index contributed by atoms with van der Waals surface area (Å²) in [5.74, 6) is -1.68. The SMILES string of the molecule is CCCC(NC(=O)Nc1cc(C)ccc1F)C(=O)O. The molecule has 104 valence electrons. The van der Waals surface area contributed by atoms with Crippen LogP contribution in [0.25, 0.3) is 0 Å². The van der Waals surface area contributed by atoms with Crippen LogP contribution < -0.4 is 10.6 Å². The summed E-state index contributed by atoms with van der Waals surface area (Å²) >= 11 is 0. The third-order valence-electron chi connectivity index (χ3n) is 2.55. The van der Waals surface area contributed by atoms with Gasteiger partial charge in [0.2, 0.25) is 0 Å². The molecule has 1 unspecified atom stereocenters. The summed E-state index contributed by atoms with van der Waals surface area (Å²) in [6, 6.07) is 2.59. The Bertz CT molecular complexity index is 477. The highest BCUT2D eigenvalue weighted by atomic mass is 19.1. The lowest BCUT2D eigenvalue weighted by Gasteiger charge is -2.14. The van der Waals surface area contributed by atoms with Gasteiger partial charge in [-0.05, 0) is 31.0 Å². The van der Waals surface area contributed by atoms with E-state index in [1.807, 2.05) is 6.92 Å². The first-order valence-corrected chi connectivity index (χ1v) is 6.00. The molecule has 19 heavy (non-hydrogen) atoms. The zero-order valence-electron chi connectivity index (χ0n) is 10.9. The van der Waals surface area contributed by atoms with E-state index in [9.17, 15) is 14.0 Å². The molecule has 0 radical (unpaired) electrons. The van der Waals surface area contributed by atoms with Gasteiger partial charge in [0.05, 0.1) is 5.69 Å². The number of carboxylic acids is 1. The molecule has 0 saturated heterocycles. The standard InChI is InChI=1S/C13H17FN2O3/c1-3-4-10(12(17)18)15-13(19)16-11-7-8(2)5-6-9(11)14/h5-7,10H,3-4H2,1-2H3,(H,17,18)(H2,15,16,19). The van der Waals surface area contributed by atoms with E-state index in [-0.39, 0.29) is 5.69 Å². The van der Waals surface area contributed by atoms with Crippen molar-refractivity contribution in [2.75, 3.05) is 5.32 Å². The molecule has 0 aliphatic rings. The van der Waals surface area contributed by atoms with Gasteiger partial charge in [-0.3, -0.25) is 0 Å². The summed E-state index contributed by atoms with van der Waals surface area (Å²) in [4.78, 5) is 22.5. The van der Waals surface area contributed by atoms with Crippen molar-refractivity contribution in [1.29, 1.82) is 0 Å². The first-order valence-electron chi connectivity index (χ1n) is 6.00. The van der Waals surface area contributed by atoms with Crippen LogP contribution in [0.1, 0.15) is 25.3 Å². The van der Waals surface area contributed by atoms with E-state index in [0.717, 1.165) is 5.56 Å². The van der Waals surface area contributed by atoms with Gasteiger partial charge in [0.15, 0.2) is 0 Å². The van der Waals surface area contributed by atoms with Crippen LogP contribution in [0.5, 0.6) is 0 Å². The first-order chi connectivity index (χ1) is 8.93. The second kappa shape index (κ2) is 6.72. The Morgan fingerprint density at radius 2 is 2.11 bits per heavy atom. The number of aryl methyl sites for hydroxylation is 1. The third-order valence-corrected chi connectivity index (χ3v) is 2.55. The highest BCUT2D eigenvalue weighted by molar-refractivity contribution is 5.92. The fourth-order valence-corrected chi connectivity index (χ4v) is 1.60. The van der Waals surface area contributed by atoms with Gasteiger partial charge in [0.25, 0.3) is 0 Å². The van der Waals surface area contributed by atoms with Gasteiger partial charge in [0, 0.05) is 0 Å². The van der Waals surface area contributed by atoms with Crippen molar-refractivity contribution in [3.05, 3.63) is 29.6 Å². The lowest BCUT2D eigenvalue weighted by molar-refractivity contribution is -0.139. The van der Waals surface area contributed by atoms with E-state index in [2.05, 4.69) is 10.6 Å². The molecule has 0 saturated carbocycles. The number of carbonyl (C=O) groups excluding carboxylic acids is 1. The van der Waals surface area contributed by atoms with Crippen LogP contribution >= 0.6 is 0 Å². The average molecular weight is 268 g/mol. The van der Waals surface area contributed by atoms with Gasteiger partial charge in [-0.2, -0.15) is 0 Å². The highest BCUT2D eigenvalue weighted by Crippen LogP contribution is 2.15. The van der Waals surface area contributed by atoms with E-state index in [4.69, 9.17) is 5.11 Å². The quantitative estimate of drug-likeness (QED) is 0.767. The maximum Gasteiger partial charge on any atom is 0.326 e. The van der Waals surface area contributed by atoms with E-state index in [0.29, 0.717) is 12.8 Å². The van der Waals surface area contributed by atoms with Crippen LogP contribution in [0.2, 0.25) is 0 Å². The van der Waals surface area contributed by atoms with Crippen molar-refractivity contribution in [3.8, 4) is 0 Å². The lowest BCUT2D eigenvalue weighted by Crippen LogP contribution is -2.43. The van der Waals surface area contributed by atoms with Crippen molar-refractivity contribution in [2.45, 2.75) is 32.7 Å². The summed E-state index contributed by atoms with van der Waals surface area (Å²) in [6.45, 7) is 3.58. The van der Waals surface area contributed by atoms with Crippen molar-refractivity contribution >= 4 is 17.7 Å². The molecule has 0 fully saturated rings. The Morgan fingerprint density at radius 3 is 2.68 bits per heavy atom. The van der Waals surface area contributed by atoms with Crippen LogP contribution in [0.4, 0.5) is 14.9 Å². The number of carbonyl (C=O) groups is 2. The minimum Gasteiger partial charge on any atom is -0.480 e. The van der Waals surface area contributed by atoms with Gasteiger partial charge in [0.1, 0.15) is 11.9 Å². The molecule has 1 aromatic rings. The number of amides is 2. The number of halogens is 1. The largest absolute Gasteiger partial charge is 0.480 e. The number of rotatable bonds is 5. The number of aliphatic carboxylic acids is 1. The van der Waals surface area contributed by atoms with Gasteiger partial charge >= 0.3 is 12.0 Å². The smallest absolute Gasteiger partial charge is 0.326 e. The molecule has 1 atom stereocenters. The molecule has 5 nitrogen and oxygen atoms in total. The van der Waals surface area contributed by atoms with Crippen molar-refractivity contribution in [1.82, 2.24) is 5.32 Å². The molecule has 3 N–H and O–H groups in total. The Morgan fingerprint density at radius 1 is 1.42 bits per heavy atom. The molecule has 1 aromatic carbocycles. The Kier molecular flexibility index (Phi) is 5.29. The van der Waals surface area contributed by atoms with Crippen LogP contribution in [-0.4, -0.2) is 23.1 Å². The Hall–Kier alpha value is -2.11. The summed E-state index contributed by atoms with van der Waals surface area (Å²) in [5.41, 5.74) is 0.818. The molecule has 0 spiro atoms. The molecular formula is C13H17FN2O3. The maximum absolute atomic E-state index is 13.4. The van der Waals surface area contributed by atoms with E-state index in [1.165, 1.54) is 12.1 Å². The second-order valence-electron chi connectivity index (χ2n) is 4.26. The fraction of sp³-hybridized carbons (Fsp3) is 0.385. The maximum atomic E-state index is 13.4. The normalized spacial score (nSPS) is 11.7. The molecule has 0 aromatic heterocycles. The predicted molar refractivity (Wildman–Crippen MR) is 69.6 cm³/mol. The van der Waals surface area contributed by atoms with Crippen LogP contribution in [-0.2, 0) is 4.79 Å². The highest BCUT2D eigenvalue weighted by Gasteiger charge is 2.19. The number of hydrogen-bond acceptors (Lipinski definition) is 2. The van der Waals surface area contributed by atoms with Crippen molar-refractivity contribution in [2.24, 2.45) is 0 Å². The van der Waals surface area contributed by atoms with Crippen LogP contribution in [0.15, 0.2) is 18.2 Å². The number of nitrogens with one attached hydrogen (secondary N) is 2. The van der Waals surface area contributed by atoms with E-state index >= 15 is 0 Å². The van der Waals surface area contributed by atoms with Crippen LogP contribution in [0, 0.1) is 12.7 Å². The molecule has 1 rings (SSSR count). The zero-order valence-corrected chi connectivity index (χ0v) is 10.9. The lowest BCUT2D eigenvalue weighted by atomic mass is 10.2.